The molecular weight excluding hydrogens is 374 g/mol. The summed E-state index contributed by atoms with van der Waals surface area (Å²) < 4.78 is 22.8. The fraction of sp³-hybridized carbons (Fsp3) is 0.167. The Kier molecular flexibility index (Phi) is 5.43. The molecule has 0 saturated carbocycles. The van der Waals surface area contributed by atoms with Crippen LogP contribution in [0.25, 0.3) is 11.3 Å². The number of primary sulfonamides is 1. The first-order chi connectivity index (χ1) is 12.4. The molecule has 136 valence electrons. The number of nitrogens with two attached hydrogens (primary N) is 1. The maximum absolute atomic E-state index is 11.4. The molecule has 2 aromatic carbocycles. The van der Waals surface area contributed by atoms with E-state index in [1.165, 1.54) is 12.1 Å². The Labute approximate surface area is 156 Å². The molecule has 0 spiro atoms. The zero-order chi connectivity index (χ0) is 18.7. The maximum atomic E-state index is 11.4. The summed E-state index contributed by atoms with van der Waals surface area (Å²) in [6, 6.07) is 13.8. The number of benzene rings is 2. The number of H-pyrrole nitrogens is 1. The van der Waals surface area contributed by atoms with Crippen LogP contribution in [0.4, 0.5) is 0 Å². The number of aliphatic hydroxyl groups is 1. The summed E-state index contributed by atoms with van der Waals surface area (Å²) in [6.07, 6.45) is 1.42. The van der Waals surface area contributed by atoms with Crippen molar-refractivity contribution in [2.45, 2.75) is 24.3 Å². The molecule has 0 atom stereocenters. The van der Waals surface area contributed by atoms with Gasteiger partial charge in [0.05, 0.1) is 22.9 Å². The van der Waals surface area contributed by atoms with Gasteiger partial charge in [-0.1, -0.05) is 35.9 Å². The number of aryl methyl sites for hydroxylation is 1. The Morgan fingerprint density at radius 2 is 1.69 bits per heavy atom. The number of hydrogen-bond acceptors (Lipinski definition) is 4. The number of aliphatic hydroxyl groups excluding tert-OH is 1. The average molecular weight is 392 g/mol. The van der Waals surface area contributed by atoms with E-state index in [9.17, 15) is 13.5 Å². The minimum absolute atomic E-state index is 0.0434. The lowest BCUT2D eigenvalue weighted by atomic mass is 9.99. The second kappa shape index (κ2) is 7.59. The molecule has 0 amide bonds. The molecule has 0 aliphatic carbocycles. The number of nitrogens with one attached hydrogen (secondary N) is 1. The highest BCUT2D eigenvalue weighted by Crippen LogP contribution is 2.26. The van der Waals surface area contributed by atoms with Crippen molar-refractivity contribution >= 4 is 21.6 Å². The van der Waals surface area contributed by atoms with Crippen LogP contribution < -0.4 is 5.14 Å². The van der Waals surface area contributed by atoms with Crippen molar-refractivity contribution in [1.29, 1.82) is 0 Å². The molecule has 1 aromatic heterocycles. The van der Waals surface area contributed by atoms with Crippen molar-refractivity contribution in [3.05, 3.63) is 70.4 Å². The van der Waals surface area contributed by atoms with E-state index < -0.39 is 10.0 Å². The number of aromatic nitrogens is 2. The molecule has 4 N–H and O–H groups in total. The van der Waals surface area contributed by atoms with E-state index >= 15 is 0 Å². The standard InChI is InChI=1S/C18H18ClN3O3S/c19-14-6-1-12(2-7-14)3-10-16-17(11-23)21-22-18(16)13-4-8-15(9-5-13)26(20,24)25/h1-2,4-9,23H,3,10-11H2,(H,21,22)(H2,20,24,25). The third-order valence-electron chi connectivity index (χ3n) is 4.14. The number of halogens is 1. The third-order valence-corrected chi connectivity index (χ3v) is 5.33. The molecule has 3 rings (SSSR count). The first kappa shape index (κ1) is 18.6. The van der Waals surface area contributed by atoms with Crippen LogP contribution in [0, 0.1) is 0 Å². The van der Waals surface area contributed by atoms with Crippen LogP contribution in [0.2, 0.25) is 5.02 Å². The summed E-state index contributed by atoms with van der Waals surface area (Å²) in [5.41, 5.74) is 4.09. The summed E-state index contributed by atoms with van der Waals surface area (Å²) in [6.45, 7) is -0.155. The molecule has 3 aromatic rings. The van der Waals surface area contributed by atoms with Gasteiger partial charge in [0, 0.05) is 16.1 Å². The molecular formula is C18H18ClN3O3S. The van der Waals surface area contributed by atoms with Crippen LogP contribution in [-0.4, -0.2) is 23.7 Å². The smallest absolute Gasteiger partial charge is 0.238 e. The van der Waals surface area contributed by atoms with Gasteiger partial charge in [-0.3, -0.25) is 5.10 Å². The number of rotatable bonds is 6. The molecule has 0 bridgehead atoms. The molecule has 8 heteroatoms. The molecule has 0 saturated heterocycles. The van der Waals surface area contributed by atoms with Crippen LogP contribution in [-0.2, 0) is 29.5 Å². The Bertz CT molecular complexity index is 997. The molecule has 0 aliphatic rings. The lowest BCUT2D eigenvalue weighted by molar-refractivity contribution is 0.275. The zero-order valence-corrected chi connectivity index (χ0v) is 15.4. The van der Waals surface area contributed by atoms with Crippen molar-refractivity contribution < 1.29 is 13.5 Å². The average Bonchev–Trinajstić information content (AvgIpc) is 3.03. The zero-order valence-electron chi connectivity index (χ0n) is 13.8. The van der Waals surface area contributed by atoms with Crippen LogP contribution >= 0.6 is 11.6 Å². The van der Waals surface area contributed by atoms with Crippen molar-refractivity contribution in [2.24, 2.45) is 5.14 Å². The topological polar surface area (TPSA) is 109 Å². The first-order valence-electron chi connectivity index (χ1n) is 7.93. The minimum atomic E-state index is -3.74. The summed E-state index contributed by atoms with van der Waals surface area (Å²) in [4.78, 5) is 0.0434. The first-order valence-corrected chi connectivity index (χ1v) is 9.85. The highest BCUT2D eigenvalue weighted by Gasteiger charge is 2.15. The van der Waals surface area contributed by atoms with Crippen molar-refractivity contribution in [2.75, 3.05) is 0 Å². The van der Waals surface area contributed by atoms with E-state index in [1.807, 2.05) is 24.3 Å². The van der Waals surface area contributed by atoms with E-state index in [4.69, 9.17) is 16.7 Å². The molecule has 26 heavy (non-hydrogen) atoms. The van der Waals surface area contributed by atoms with Gasteiger partial charge in [-0.25, -0.2) is 13.6 Å². The van der Waals surface area contributed by atoms with Crippen molar-refractivity contribution in [3.8, 4) is 11.3 Å². The third kappa shape index (κ3) is 4.13. The second-order valence-corrected chi connectivity index (χ2v) is 7.88. The van der Waals surface area contributed by atoms with Gasteiger partial charge in [-0.05, 0) is 42.7 Å². The lowest BCUT2D eigenvalue weighted by Gasteiger charge is -2.07. The second-order valence-electron chi connectivity index (χ2n) is 5.88. The van der Waals surface area contributed by atoms with Gasteiger partial charge >= 0.3 is 0 Å². The quantitative estimate of drug-likeness (QED) is 0.600. The van der Waals surface area contributed by atoms with Crippen molar-refractivity contribution in [1.82, 2.24) is 10.2 Å². The van der Waals surface area contributed by atoms with Crippen LogP contribution in [0.1, 0.15) is 16.8 Å². The molecule has 0 aliphatic heterocycles. The fourth-order valence-corrected chi connectivity index (χ4v) is 3.40. The monoisotopic (exact) mass is 391 g/mol. The van der Waals surface area contributed by atoms with Gasteiger partial charge in [0.25, 0.3) is 0 Å². The summed E-state index contributed by atoms with van der Waals surface area (Å²) in [5.74, 6) is 0. The number of nitrogens with zero attached hydrogens (tertiary/aromatic N) is 1. The van der Waals surface area contributed by atoms with Crippen LogP contribution in [0.5, 0.6) is 0 Å². The van der Waals surface area contributed by atoms with E-state index in [2.05, 4.69) is 10.2 Å². The SMILES string of the molecule is NS(=O)(=O)c1ccc(-c2n[nH]c(CO)c2CCc2ccc(Cl)cc2)cc1. The molecule has 0 radical (unpaired) electrons. The van der Waals surface area contributed by atoms with Gasteiger partial charge in [0.1, 0.15) is 0 Å². The van der Waals surface area contributed by atoms with E-state index in [0.717, 1.165) is 23.1 Å². The fourth-order valence-electron chi connectivity index (χ4n) is 2.76. The summed E-state index contributed by atoms with van der Waals surface area (Å²) in [7, 11) is -3.74. The van der Waals surface area contributed by atoms with Gasteiger partial charge < -0.3 is 5.11 Å². The van der Waals surface area contributed by atoms with Crippen LogP contribution in [0.15, 0.2) is 53.4 Å². The molecule has 1 heterocycles. The van der Waals surface area contributed by atoms with E-state index in [-0.39, 0.29) is 11.5 Å². The van der Waals surface area contributed by atoms with Crippen molar-refractivity contribution in [3.63, 3.8) is 0 Å². The van der Waals surface area contributed by atoms with Gasteiger partial charge in [-0.15, -0.1) is 0 Å². The molecule has 0 unspecified atom stereocenters. The molecule has 6 nitrogen and oxygen atoms in total. The number of sulfonamides is 1. The molecule has 0 fully saturated rings. The highest BCUT2D eigenvalue weighted by molar-refractivity contribution is 7.89. The Morgan fingerprint density at radius 1 is 1.04 bits per heavy atom. The highest BCUT2D eigenvalue weighted by atomic mass is 35.5. The van der Waals surface area contributed by atoms with Gasteiger partial charge in [0.2, 0.25) is 10.0 Å². The van der Waals surface area contributed by atoms with Gasteiger partial charge in [0.15, 0.2) is 0 Å². The van der Waals surface area contributed by atoms with E-state index in [1.54, 1.807) is 12.1 Å². The Morgan fingerprint density at radius 3 is 2.27 bits per heavy atom. The Balaban J connectivity index is 1.88. The largest absolute Gasteiger partial charge is 0.390 e. The summed E-state index contributed by atoms with van der Waals surface area (Å²) in [5, 5.41) is 22.5. The van der Waals surface area contributed by atoms with Gasteiger partial charge in [-0.2, -0.15) is 5.10 Å². The lowest BCUT2D eigenvalue weighted by Crippen LogP contribution is -2.11. The predicted octanol–water partition coefficient (Wildman–Crippen LogP) is 2.66. The summed E-state index contributed by atoms with van der Waals surface area (Å²) >= 11 is 5.91. The number of hydrogen-bond donors (Lipinski definition) is 3. The normalized spacial score (nSPS) is 11.7. The minimum Gasteiger partial charge on any atom is -0.390 e. The predicted molar refractivity (Wildman–Crippen MR) is 100 cm³/mol. The van der Waals surface area contributed by atoms with E-state index in [0.29, 0.717) is 22.8 Å². The van der Waals surface area contributed by atoms with Crippen LogP contribution in [0.3, 0.4) is 0 Å². The Hall–Kier alpha value is -2.19. The number of aromatic amines is 1. The maximum Gasteiger partial charge on any atom is 0.238 e.